The highest BCUT2D eigenvalue weighted by molar-refractivity contribution is 5.52. The molecule has 1 N–H and O–H groups in total. The van der Waals surface area contributed by atoms with Gasteiger partial charge in [0, 0.05) is 6.42 Å². The maximum absolute atomic E-state index is 11.0. The van der Waals surface area contributed by atoms with Crippen molar-refractivity contribution in [3.05, 3.63) is 57.6 Å². The maximum Gasteiger partial charge on any atom is 0.125 e. The molecule has 31 heavy (non-hydrogen) atoms. The molecule has 0 radical (unpaired) electrons. The Morgan fingerprint density at radius 3 is 2.19 bits per heavy atom. The first kappa shape index (κ1) is 25.3. The number of unbranched alkanes of at least 4 members (excludes halogenated alkanes) is 3. The number of hydrogen-bond acceptors (Lipinski definition) is 2. The van der Waals surface area contributed by atoms with Crippen LogP contribution < -0.4 is 4.74 Å². The lowest BCUT2D eigenvalue weighted by Crippen LogP contribution is -2.13. The lowest BCUT2D eigenvalue weighted by Gasteiger charge is -2.23. The molecule has 0 aromatic heterocycles. The van der Waals surface area contributed by atoms with Crippen molar-refractivity contribution in [3.8, 4) is 11.5 Å². The third-order valence-electron chi connectivity index (χ3n) is 6.13. The van der Waals surface area contributed by atoms with Crippen LogP contribution >= 0.6 is 0 Å². The van der Waals surface area contributed by atoms with Crippen LogP contribution in [0.1, 0.15) is 100 Å². The molecule has 2 nitrogen and oxygen atoms in total. The second kappa shape index (κ2) is 11.1. The Hall–Kier alpha value is -1.96. The van der Waals surface area contributed by atoms with E-state index in [2.05, 4.69) is 72.7 Å². The maximum atomic E-state index is 11.0. The number of rotatable bonds is 10. The largest absolute Gasteiger partial charge is 0.507 e. The SMILES string of the molecule is COc1c(C)cc(CCCCCCC(C)C)cc1Cc1cc(C)cc(C(C)(C)C)c1O. The second-order valence-electron chi connectivity index (χ2n) is 10.7. The van der Waals surface area contributed by atoms with E-state index in [0.29, 0.717) is 12.2 Å². The summed E-state index contributed by atoms with van der Waals surface area (Å²) in [6.07, 6.45) is 8.31. The van der Waals surface area contributed by atoms with Gasteiger partial charge in [0.05, 0.1) is 7.11 Å². The lowest BCUT2D eigenvalue weighted by atomic mass is 9.83. The van der Waals surface area contributed by atoms with Crippen LogP contribution in [0.4, 0.5) is 0 Å². The molecule has 0 unspecified atom stereocenters. The van der Waals surface area contributed by atoms with Gasteiger partial charge in [-0.2, -0.15) is 0 Å². The molecule has 2 aromatic carbocycles. The van der Waals surface area contributed by atoms with Gasteiger partial charge < -0.3 is 9.84 Å². The van der Waals surface area contributed by atoms with E-state index in [-0.39, 0.29) is 5.41 Å². The van der Waals surface area contributed by atoms with E-state index in [1.165, 1.54) is 48.8 Å². The number of benzene rings is 2. The average molecular weight is 425 g/mol. The van der Waals surface area contributed by atoms with Gasteiger partial charge in [0.25, 0.3) is 0 Å². The van der Waals surface area contributed by atoms with Gasteiger partial charge in [-0.05, 0) is 65.8 Å². The van der Waals surface area contributed by atoms with Crippen LogP contribution in [0.5, 0.6) is 11.5 Å². The predicted octanol–water partition coefficient (Wildman–Crippen LogP) is 8.05. The molecule has 0 fully saturated rings. The average Bonchev–Trinajstić information content (AvgIpc) is 2.66. The minimum absolute atomic E-state index is 0.0950. The number of aryl methyl sites for hydroxylation is 3. The molecule has 172 valence electrons. The van der Waals surface area contributed by atoms with E-state index in [0.717, 1.165) is 34.8 Å². The molecular weight excluding hydrogens is 380 g/mol. The first-order valence-corrected chi connectivity index (χ1v) is 12.0. The van der Waals surface area contributed by atoms with Crippen molar-refractivity contribution in [1.82, 2.24) is 0 Å². The molecule has 2 heteroatoms. The number of methoxy groups -OCH3 is 1. The van der Waals surface area contributed by atoms with Crippen molar-refractivity contribution in [2.24, 2.45) is 5.92 Å². The van der Waals surface area contributed by atoms with Gasteiger partial charge in [-0.3, -0.25) is 0 Å². The fraction of sp³-hybridized carbons (Fsp3) is 0.586. The summed E-state index contributed by atoms with van der Waals surface area (Å²) in [5.41, 5.74) is 6.80. The van der Waals surface area contributed by atoms with E-state index in [1.54, 1.807) is 7.11 Å². The number of phenolic OH excluding ortho intramolecular Hbond substituents is 1. The fourth-order valence-electron chi connectivity index (χ4n) is 4.50. The summed E-state index contributed by atoms with van der Waals surface area (Å²) in [4.78, 5) is 0. The molecule has 0 aliphatic rings. The predicted molar refractivity (Wildman–Crippen MR) is 134 cm³/mol. The van der Waals surface area contributed by atoms with Crippen molar-refractivity contribution in [2.45, 2.75) is 98.8 Å². The fourth-order valence-corrected chi connectivity index (χ4v) is 4.50. The summed E-state index contributed by atoms with van der Waals surface area (Å²) in [7, 11) is 1.75. The second-order valence-corrected chi connectivity index (χ2v) is 10.7. The Bertz CT molecular complexity index is 856. The molecule has 2 aromatic rings. The van der Waals surface area contributed by atoms with Gasteiger partial charge in [0.1, 0.15) is 11.5 Å². The first-order chi connectivity index (χ1) is 14.5. The molecule has 0 atom stereocenters. The molecule has 0 saturated carbocycles. The zero-order valence-corrected chi connectivity index (χ0v) is 21.2. The van der Waals surface area contributed by atoms with Crippen molar-refractivity contribution in [2.75, 3.05) is 7.11 Å². The van der Waals surface area contributed by atoms with E-state index in [4.69, 9.17) is 4.74 Å². The molecule has 0 heterocycles. The van der Waals surface area contributed by atoms with E-state index < -0.39 is 0 Å². The zero-order chi connectivity index (χ0) is 23.2. The Balaban J connectivity index is 2.22. The van der Waals surface area contributed by atoms with E-state index in [9.17, 15) is 5.11 Å². The molecule has 2 rings (SSSR count). The van der Waals surface area contributed by atoms with Crippen LogP contribution in [0.3, 0.4) is 0 Å². The summed E-state index contributed by atoms with van der Waals surface area (Å²) < 4.78 is 5.77. The highest BCUT2D eigenvalue weighted by atomic mass is 16.5. The topological polar surface area (TPSA) is 29.5 Å². The minimum atomic E-state index is -0.0950. The van der Waals surface area contributed by atoms with Gasteiger partial charge in [0.2, 0.25) is 0 Å². The molecule has 0 aliphatic heterocycles. The van der Waals surface area contributed by atoms with Crippen molar-refractivity contribution >= 4 is 0 Å². The van der Waals surface area contributed by atoms with Gasteiger partial charge in [0.15, 0.2) is 0 Å². The third kappa shape index (κ3) is 7.30. The summed E-state index contributed by atoms with van der Waals surface area (Å²) >= 11 is 0. The monoisotopic (exact) mass is 424 g/mol. The van der Waals surface area contributed by atoms with Crippen LogP contribution in [0.2, 0.25) is 0 Å². The molecule has 0 spiro atoms. The lowest BCUT2D eigenvalue weighted by molar-refractivity contribution is 0.406. The van der Waals surface area contributed by atoms with Crippen molar-refractivity contribution < 1.29 is 9.84 Å². The summed E-state index contributed by atoms with van der Waals surface area (Å²) in [5, 5.41) is 11.0. The number of aromatic hydroxyl groups is 1. The first-order valence-electron chi connectivity index (χ1n) is 12.0. The van der Waals surface area contributed by atoms with Crippen LogP contribution in [0.15, 0.2) is 24.3 Å². The van der Waals surface area contributed by atoms with Gasteiger partial charge >= 0.3 is 0 Å². The highest BCUT2D eigenvalue weighted by Crippen LogP contribution is 2.37. The van der Waals surface area contributed by atoms with Crippen LogP contribution in [0, 0.1) is 19.8 Å². The molecule has 0 bridgehead atoms. The number of ether oxygens (including phenoxy) is 1. The molecule has 0 saturated heterocycles. The van der Waals surface area contributed by atoms with E-state index in [1.807, 2.05) is 0 Å². The zero-order valence-electron chi connectivity index (χ0n) is 21.2. The standard InChI is InChI=1S/C29H44O2/c1-20(2)13-11-9-10-12-14-23-17-22(4)28(31-8)25(18-23)19-24-15-21(3)16-26(27(24)30)29(5,6)7/h15-18,20,30H,9-14,19H2,1-8H3. The Morgan fingerprint density at radius 1 is 0.903 bits per heavy atom. The smallest absolute Gasteiger partial charge is 0.125 e. The van der Waals surface area contributed by atoms with Crippen molar-refractivity contribution in [1.29, 1.82) is 0 Å². The van der Waals surface area contributed by atoms with Gasteiger partial charge in [-0.15, -0.1) is 0 Å². The van der Waals surface area contributed by atoms with Gasteiger partial charge in [-0.1, -0.05) is 90.1 Å². The van der Waals surface area contributed by atoms with Crippen LogP contribution in [-0.4, -0.2) is 12.2 Å². The summed E-state index contributed by atoms with van der Waals surface area (Å²) in [6.45, 7) is 15.3. The molecule has 0 amide bonds. The highest BCUT2D eigenvalue weighted by Gasteiger charge is 2.21. The number of hydrogen-bond donors (Lipinski definition) is 1. The summed E-state index contributed by atoms with van der Waals surface area (Å²) in [5.74, 6) is 2.18. The van der Waals surface area contributed by atoms with E-state index >= 15 is 0 Å². The van der Waals surface area contributed by atoms with Crippen molar-refractivity contribution in [3.63, 3.8) is 0 Å². The molecule has 0 aliphatic carbocycles. The normalized spacial score (nSPS) is 11.9. The summed E-state index contributed by atoms with van der Waals surface area (Å²) in [6, 6.07) is 8.78. The third-order valence-corrected chi connectivity index (χ3v) is 6.13. The minimum Gasteiger partial charge on any atom is -0.507 e. The number of phenols is 1. The Labute approximate surface area is 191 Å². The quantitative estimate of drug-likeness (QED) is 0.391. The van der Waals surface area contributed by atoms with Gasteiger partial charge in [-0.25, -0.2) is 0 Å². The molecular formula is C29H44O2. The van der Waals surface area contributed by atoms with Crippen LogP contribution in [0.25, 0.3) is 0 Å². The Kier molecular flexibility index (Phi) is 9.03. The van der Waals surface area contributed by atoms with Crippen LogP contribution in [-0.2, 0) is 18.3 Å². The Morgan fingerprint density at radius 2 is 1.58 bits per heavy atom.